The Morgan fingerprint density at radius 2 is 1.57 bits per heavy atom. The van der Waals surface area contributed by atoms with Crippen LogP contribution in [0.3, 0.4) is 0 Å². The summed E-state index contributed by atoms with van der Waals surface area (Å²) in [5, 5.41) is 16.6. The summed E-state index contributed by atoms with van der Waals surface area (Å²) in [4.78, 5) is 15.6. The maximum absolute atomic E-state index is 13.4. The molecule has 0 saturated carbocycles. The quantitative estimate of drug-likeness (QED) is 0.226. The highest BCUT2D eigenvalue weighted by Gasteiger charge is 2.23. The van der Waals surface area contributed by atoms with E-state index in [0.29, 0.717) is 5.82 Å². The van der Waals surface area contributed by atoms with Gasteiger partial charge in [-0.1, -0.05) is 76.2 Å². The van der Waals surface area contributed by atoms with Gasteiger partial charge in [0.05, 0.1) is 17.3 Å². The first-order valence-electron chi connectivity index (χ1n) is 13.6. The van der Waals surface area contributed by atoms with Crippen LogP contribution < -0.4 is 5.32 Å². The zero-order valence-electron chi connectivity index (χ0n) is 24.1. The Morgan fingerprint density at radius 1 is 0.900 bits per heavy atom. The molecule has 5 aromatic rings. The Bertz CT molecular complexity index is 1640. The van der Waals surface area contributed by atoms with Gasteiger partial charge in [-0.3, -0.25) is 9.20 Å². The number of nitrogens with zero attached hydrogens (tertiary/aromatic N) is 5. The average Bonchev–Trinajstić information content (AvgIpc) is 3.54. The number of rotatable bonds is 7. The van der Waals surface area contributed by atoms with E-state index < -0.39 is 0 Å². The van der Waals surface area contributed by atoms with Gasteiger partial charge in [-0.05, 0) is 55.8 Å². The fourth-order valence-corrected chi connectivity index (χ4v) is 5.25. The van der Waals surface area contributed by atoms with Gasteiger partial charge in [0.25, 0.3) is 0 Å². The number of aryl methyl sites for hydroxylation is 1. The normalized spacial score (nSPS) is 12.7. The van der Waals surface area contributed by atoms with Gasteiger partial charge in [0.1, 0.15) is 11.6 Å². The lowest BCUT2D eigenvalue weighted by Crippen LogP contribution is -2.20. The second kappa shape index (κ2) is 10.9. The summed E-state index contributed by atoms with van der Waals surface area (Å²) in [6.07, 6.45) is 2.09. The van der Waals surface area contributed by atoms with Crippen LogP contribution in [0.5, 0.6) is 0 Å². The lowest BCUT2D eigenvalue weighted by atomic mass is 9.92. The fraction of sp³-hybridized carbons (Fsp3) is 0.312. The van der Waals surface area contributed by atoms with E-state index >= 15 is 0 Å². The first kappa shape index (κ1) is 27.6. The van der Waals surface area contributed by atoms with Crippen LogP contribution in [0.25, 0.3) is 11.3 Å². The molecule has 0 bridgehead atoms. The van der Waals surface area contributed by atoms with Crippen molar-refractivity contribution in [3.63, 3.8) is 0 Å². The van der Waals surface area contributed by atoms with Crippen molar-refractivity contribution in [2.24, 2.45) is 0 Å². The van der Waals surface area contributed by atoms with Crippen LogP contribution in [0.15, 0.2) is 82.7 Å². The fourth-order valence-electron chi connectivity index (χ4n) is 4.41. The monoisotopic (exact) mass is 552 g/mol. The molecule has 3 heterocycles. The number of fused-ring (bicyclic) bond motifs is 1. The third-order valence-electron chi connectivity index (χ3n) is 6.93. The second-order valence-electron chi connectivity index (χ2n) is 11.6. The average molecular weight is 553 g/mol. The Labute approximate surface area is 240 Å². The molecule has 2 aromatic carbocycles. The molecule has 0 radical (unpaired) electrons. The van der Waals surface area contributed by atoms with E-state index in [-0.39, 0.29) is 23.2 Å². The molecule has 1 unspecified atom stereocenters. The maximum atomic E-state index is 13.4. The lowest BCUT2D eigenvalue weighted by Gasteiger charge is -2.14. The number of carbonyl (C=O) groups excluding carboxylic acids is 1. The first-order valence-corrected chi connectivity index (χ1v) is 14.4. The minimum atomic E-state index is -0.333. The van der Waals surface area contributed by atoms with Crippen LogP contribution in [-0.4, -0.2) is 30.3 Å². The van der Waals surface area contributed by atoms with Gasteiger partial charge >= 0.3 is 0 Å². The highest BCUT2D eigenvalue weighted by molar-refractivity contribution is 7.99. The van der Waals surface area contributed by atoms with Crippen molar-refractivity contribution in [1.82, 2.24) is 24.4 Å². The van der Waals surface area contributed by atoms with Crippen molar-refractivity contribution in [1.29, 1.82) is 0 Å². The standard InChI is InChI=1S/C32H36N6OS/c1-20(2)30-35-34-28-17-16-26(19-37(28)30)40-25-14-10-23(11-15-25)22(4)31(39)33-29-18-27(32(5,6)7)36-38(29)24-12-8-21(3)9-13-24/h8-20,22H,1-7H3,(H,33,39). The third-order valence-corrected chi connectivity index (χ3v) is 7.92. The molecule has 206 valence electrons. The van der Waals surface area contributed by atoms with Gasteiger partial charge in [0.15, 0.2) is 5.65 Å². The predicted octanol–water partition coefficient (Wildman–Crippen LogP) is 7.54. The van der Waals surface area contributed by atoms with E-state index in [1.54, 1.807) is 11.8 Å². The number of benzene rings is 2. The van der Waals surface area contributed by atoms with Crippen molar-refractivity contribution in [3.8, 4) is 5.69 Å². The largest absolute Gasteiger partial charge is 0.310 e. The number of hydrogen-bond donors (Lipinski definition) is 1. The molecule has 0 aliphatic heterocycles. The Balaban J connectivity index is 1.32. The summed E-state index contributed by atoms with van der Waals surface area (Å²) in [7, 11) is 0. The molecule has 0 aliphatic rings. The summed E-state index contributed by atoms with van der Waals surface area (Å²) < 4.78 is 3.88. The van der Waals surface area contributed by atoms with E-state index in [1.165, 1.54) is 5.56 Å². The highest BCUT2D eigenvalue weighted by Crippen LogP contribution is 2.31. The molecular weight excluding hydrogens is 516 g/mol. The van der Waals surface area contributed by atoms with Gasteiger partial charge in [-0.2, -0.15) is 5.10 Å². The number of pyridine rings is 1. The lowest BCUT2D eigenvalue weighted by molar-refractivity contribution is -0.117. The molecule has 8 heteroatoms. The highest BCUT2D eigenvalue weighted by atomic mass is 32.2. The maximum Gasteiger partial charge on any atom is 0.232 e. The Hall–Kier alpha value is -3.91. The Kier molecular flexibility index (Phi) is 7.55. The minimum Gasteiger partial charge on any atom is -0.310 e. The molecule has 40 heavy (non-hydrogen) atoms. The molecule has 0 fully saturated rings. The molecule has 1 N–H and O–H groups in total. The molecule has 0 aliphatic carbocycles. The summed E-state index contributed by atoms with van der Waals surface area (Å²) in [6, 6.07) is 22.4. The molecule has 0 saturated heterocycles. The topological polar surface area (TPSA) is 77.1 Å². The van der Waals surface area contributed by atoms with Gasteiger partial charge in [0.2, 0.25) is 5.91 Å². The van der Waals surface area contributed by atoms with E-state index in [0.717, 1.165) is 38.2 Å². The van der Waals surface area contributed by atoms with Crippen molar-refractivity contribution >= 4 is 29.1 Å². The summed E-state index contributed by atoms with van der Waals surface area (Å²) in [5.74, 6) is 1.50. The van der Waals surface area contributed by atoms with Crippen LogP contribution in [0.1, 0.15) is 76.0 Å². The number of amides is 1. The molecule has 5 rings (SSSR count). The zero-order chi connectivity index (χ0) is 28.6. The number of carbonyl (C=O) groups is 1. The molecule has 3 aromatic heterocycles. The molecule has 7 nitrogen and oxygen atoms in total. The number of hydrogen-bond acceptors (Lipinski definition) is 5. The zero-order valence-corrected chi connectivity index (χ0v) is 25.0. The van der Waals surface area contributed by atoms with E-state index in [9.17, 15) is 4.79 Å². The van der Waals surface area contributed by atoms with Crippen LogP contribution >= 0.6 is 11.8 Å². The minimum absolute atomic E-state index is 0.0756. The Morgan fingerprint density at radius 3 is 2.23 bits per heavy atom. The number of aromatic nitrogens is 5. The van der Waals surface area contributed by atoms with Crippen molar-refractivity contribution in [2.45, 2.75) is 75.5 Å². The molecule has 1 amide bonds. The van der Waals surface area contributed by atoms with Gasteiger partial charge < -0.3 is 5.32 Å². The number of nitrogens with one attached hydrogen (secondary N) is 1. The van der Waals surface area contributed by atoms with Crippen molar-refractivity contribution < 1.29 is 4.79 Å². The predicted molar refractivity (Wildman–Crippen MR) is 162 cm³/mol. The van der Waals surface area contributed by atoms with Gasteiger partial charge in [0, 0.05) is 33.4 Å². The van der Waals surface area contributed by atoms with E-state index in [2.05, 4.69) is 98.0 Å². The smallest absolute Gasteiger partial charge is 0.232 e. The van der Waals surface area contributed by atoms with Crippen molar-refractivity contribution in [3.05, 3.63) is 95.6 Å². The summed E-state index contributed by atoms with van der Waals surface area (Å²) in [6.45, 7) is 14.6. The van der Waals surface area contributed by atoms with Crippen LogP contribution in [-0.2, 0) is 10.2 Å². The third kappa shape index (κ3) is 5.82. The van der Waals surface area contributed by atoms with Gasteiger partial charge in [-0.25, -0.2) is 4.68 Å². The van der Waals surface area contributed by atoms with Crippen molar-refractivity contribution in [2.75, 3.05) is 5.32 Å². The second-order valence-corrected chi connectivity index (χ2v) is 12.7. The molecular formula is C32H36N6OS. The molecule has 0 spiro atoms. The first-order chi connectivity index (χ1) is 19.0. The van der Waals surface area contributed by atoms with E-state index in [1.807, 2.05) is 48.0 Å². The SMILES string of the molecule is Cc1ccc(-n2nc(C(C)(C)C)cc2NC(=O)C(C)c2ccc(Sc3ccc4nnc(C(C)C)n4c3)cc2)cc1. The van der Waals surface area contributed by atoms with Crippen LogP contribution in [0.2, 0.25) is 0 Å². The summed E-state index contributed by atoms with van der Waals surface area (Å²) >= 11 is 1.67. The summed E-state index contributed by atoms with van der Waals surface area (Å²) in [5.41, 5.74) is 4.66. The molecule has 1 atom stereocenters. The van der Waals surface area contributed by atoms with E-state index in [4.69, 9.17) is 5.10 Å². The van der Waals surface area contributed by atoms with Crippen LogP contribution in [0.4, 0.5) is 5.82 Å². The number of anilines is 1. The van der Waals surface area contributed by atoms with Gasteiger partial charge in [-0.15, -0.1) is 10.2 Å². The van der Waals surface area contributed by atoms with Crippen LogP contribution in [0, 0.1) is 6.92 Å².